The van der Waals surface area contributed by atoms with Gasteiger partial charge in [0.25, 0.3) is 0 Å². The van der Waals surface area contributed by atoms with Gasteiger partial charge in [0.15, 0.2) is 17.5 Å². The van der Waals surface area contributed by atoms with Crippen LogP contribution in [0.4, 0.5) is 26.2 Å². The predicted molar refractivity (Wildman–Crippen MR) is 85.9 cm³/mol. The Labute approximate surface area is 141 Å². The van der Waals surface area contributed by atoms with Gasteiger partial charge in [-0.25, -0.2) is 13.8 Å². The summed E-state index contributed by atoms with van der Waals surface area (Å²) in [5, 5.41) is 17.1. The summed E-state index contributed by atoms with van der Waals surface area (Å²) in [4.78, 5) is 7.77. The number of halogens is 2. The van der Waals surface area contributed by atoms with Gasteiger partial charge in [0.05, 0.1) is 17.6 Å². The van der Waals surface area contributed by atoms with Crippen LogP contribution in [0.25, 0.3) is 5.69 Å². The molecule has 0 atom stereocenters. The van der Waals surface area contributed by atoms with Crippen LogP contribution in [0.1, 0.15) is 24.6 Å². The van der Waals surface area contributed by atoms with E-state index in [0.29, 0.717) is 11.6 Å². The summed E-state index contributed by atoms with van der Waals surface area (Å²) in [6.07, 6.45) is 3.10. The highest BCUT2D eigenvalue weighted by Crippen LogP contribution is 2.39. The van der Waals surface area contributed by atoms with Gasteiger partial charge < -0.3 is 10.6 Å². The van der Waals surface area contributed by atoms with Crippen molar-refractivity contribution < 1.29 is 8.78 Å². The summed E-state index contributed by atoms with van der Waals surface area (Å²) in [5.41, 5.74) is 0.759. The van der Waals surface area contributed by atoms with Gasteiger partial charge in [-0.05, 0) is 41.5 Å². The predicted octanol–water partition coefficient (Wildman–Crippen LogP) is 2.39. The molecule has 2 heterocycles. The lowest BCUT2D eigenvalue weighted by atomic mass is 10.2. The summed E-state index contributed by atoms with van der Waals surface area (Å²) < 4.78 is 29.2. The number of nitrogens with zero attached hydrogens (tertiary/aromatic N) is 6. The van der Waals surface area contributed by atoms with E-state index in [1.165, 1.54) is 13.1 Å². The van der Waals surface area contributed by atoms with Crippen LogP contribution in [0.15, 0.2) is 24.4 Å². The number of rotatable bonds is 5. The van der Waals surface area contributed by atoms with E-state index in [2.05, 4.69) is 36.1 Å². The quantitative estimate of drug-likeness (QED) is 0.734. The first-order valence-electron chi connectivity index (χ1n) is 7.71. The van der Waals surface area contributed by atoms with Gasteiger partial charge in [-0.1, -0.05) is 0 Å². The average molecular weight is 344 g/mol. The van der Waals surface area contributed by atoms with E-state index < -0.39 is 11.6 Å². The van der Waals surface area contributed by atoms with Crippen molar-refractivity contribution in [3.05, 3.63) is 41.9 Å². The molecule has 1 aliphatic rings. The molecule has 1 aliphatic carbocycles. The Morgan fingerprint density at radius 2 is 2.04 bits per heavy atom. The summed E-state index contributed by atoms with van der Waals surface area (Å²) in [6.45, 7) is 0. The molecule has 0 amide bonds. The summed E-state index contributed by atoms with van der Waals surface area (Å²) in [6, 6.07) is 4.45. The lowest BCUT2D eigenvalue weighted by Crippen LogP contribution is -2.06. The third-order valence-corrected chi connectivity index (χ3v) is 3.86. The SMILES string of the molecule is CNc1nc(Nc2cc(-n3nnnc3C3CC3)ccc2F)ncc1F. The van der Waals surface area contributed by atoms with Gasteiger partial charge in [-0.15, -0.1) is 5.10 Å². The van der Waals surface area contributed by atoms with Crippen LogP contribution in [0, 0.1) is 11.6 Å². The van der Waals surface area contributed by atoms with Crippen LogP contribution in [0.5, 0.6) is 0 Å². The fourth-order valence-electron chi connectivity index (χ4n) is 2.44. The smallest absolute Gasteiger partial charge is 0.229 e. The molecule has 128 valence electrons. The van der Waals surface area contributed by atoms with Crippen molar-refractivity contribution in [1.29, 1.82) is 0 Å². The minimum Gasteiger partial charge on any atom is -0.371 e. The van der Waals surface area contributed by atoms with Crippen LogP contribution in [-0.2, 0) is 0 Å². The minimum absolute atomic E-state index is 0.0190. The number of hydrogen-bond acceptors (Lipinski definition) is 7. The molecule has 0 aliphatic heterocycles. The van der Waals surface area contributed by atoms with E-state index >= 15 is 0 Å². The molecule has 0 saturated heterocycles. The van der Waals surface area contributed by atoms with Crippen molar-refractivity contribution in [1.82, 2.24) is 30.2 Å². The third kappa shape index (κ3) is 2.97. The van der Waals surface area contributed by atoms with E-state index in [9.17, 15) is 8.78 Å². The van der Waals surface area contributed by atoms with E-state index in [4.69, 9.17) is 0 Å². The van der Waals surface area contributed by atoms with Crippen LogP contribution in [0.3, 0.4) is 0 Å². The zero-order chi connectivity index (χ0) is 17.4. The van der Waals surface area contributed by atoms with E-state index in [0.717, 1.165) is 24.9 Å². The van der Waals surface area contributed by atoms with E-state index in [1.807, 2.05) is 0 Å². The fraction of sp³-hybridized carbons (Fsp3) is 0.267. The molecule has 0 unspecified atom stereocenters. The minimum atomic E-state index is -0.593. The molecule has 0 bridgehead atoms. The second-order valence-electron chi connectivity index (χ2n) is 5.65. The lowest BCUT2D eigenvalue weighted by Gasteiger charge is -2.10. The molecule has 0 radical (unpaired) electrons. The second-order valence-corrected chi connectivity index (χ2v) is 5.65. The van der Waals surface area contributed by atoms with Gasteiger partial charge in [0.2, 0.25) is 5.95 Å². The van der Waals surface area contributed by atoms with Crippen molar-refractivity contribution in [2.75, 3.05) is 17.7 Å². The highest BCUT2D eigenvalue weighted by molar-refractivity contribution is 5.59. The average Bonchev–Trinajstić information content (AvgIpc) is 3.35. The van der Waals surface area contributed by atoms with Crippen molar-refractivity contribution in [2.45, 2.75) is 18.8 Å². The molecule has 1 aromatic carbocycles. The Balaban J connectivity index is 1.67. The van der Waals surface area contributed by atoms with Gasteiger partial charge in [0.1, 0.15) is 5.82 Å². The molecular formula is C15H14F2N8. The van der Waals surface area contributed by atoms with Crippen molar-refractivity contribution in [3.8, 4) is 5.69 Å². The number of hydrogen-bond donors (Lipinski definition) is 2. The van der Waals surface area contributed by atoms with Crippen LogP contribution < -0.4 is 10.6 Å². The largest absolute Gasteiger partial charge is 0.371 e. The highest BCUT2D eigenvalue weighted by atomic mass is 19.1. The van der Waals surface area contributed by atoms with Crippen molar-refractivity contribution in [2.24, 2.45) is 0 Å². The Morgan fingerprint density at radius 1 is 1.20 bits per heavy atom. The maximum absolute atomic E-state index is 14.2. The van der Waals surface area contributed by atoms with Gasteiger partial charge in [0, 0.05) is 13.0 Å². The molecule has 0 spiro atoms. The zero-order valence-corrected chi connectivity index (χ0v) is 13.2. The molecule has 10 heteroatoms. The molecule has 3 aromatic rings. The van der Waals surface area contributed by atoms with Gasteiger partial charge in [-0.2, -0.15) is 9.67 Å². The number of benzene rings is 1. The number of tetrazole rings is 1. The normalized spacial score (nSPS) is 13.7. The molecule has 2 aromatic heterocycles. The Morgan fingerprint density at radius 3 is 2.80 bits per heavy atom. The maximum Gasteiger partial charge on any atom is 0.229 e. The standard InChI is InChI=1S/C15H14F2N8/c1-18-13-11(17)7-19-15(21-13)20-12-6-9(4-5-10(12)16)25-14(8-2-3-8)22-23-24-25/h4-8H,2-3H2,1H3,(H2,18,19,20,21). The monoisotopic (exact) mass is 344 g/mol. The molecule has 4 rings (SSSR count). The zero-order valence-electron chi connectivity index (χ0n) is 13.2. The lowest BCUT2D eigenvalue weighted by molar-refractivity contribution is 0.618. The Bertz CT molecular complexity index is 922. The van der Waals surface area contributed by atoms with Gasteiger partial charge >= 0.3 is 0 Å². The molecule has 2 N–H and O–H groups in total. The summed E-state index contributed by atoms with van der Waals surface area (Å²) >= 11 is 0. The topological polar surface area (TPSA) is 93.4 Å². The summed E-state index contributed by atoms with van der Waals surface area (Å²) in [7, 11) is 1.54. The van der Waals surface area contributed by atoms with Crippen LogP contribution >= 0.6 is 0 Å². The van der Waals surface area contributed by atoms with E-state index in [1.54, 1.807) is 16.8 Å². The van der Waals surface area contributed by atoms with Crippen molar-refractivity contribution in [3.63, 3.8) is 0 Å². The first-order valence-corrected chi connectivity index (χ1v) is 7.71. The molecule has 1 saturated carbocycles. The van der Waals surface area contributed by atoms with Crippen LogP contribution in [0.2, 0.25) is 0 Å². The maximum atomic E-state index is 14.2. The number of anilines is 3. The first kappa shape index (κ1) is 15.4. The summed E-state index contributed by atoms with van der Waals surface area (Å²) in [5.74, 6) is 0.100. The molecular weight excluding hydrogens is 330 g/mol. The second kappa shape index (κ2) is 6.04. The van der Waals surface area contributed by atoms with Crippen molar-refractivity contribution >= 4 is 17.5 Å². The van der Waals surface area contributed by atoms with E-state index in [-0.39, 0.29) is 17.5 Å². The van der Waals surface area contributed by atoms with Gasteiger partial charge in [-0.3, -0.25) is 0 Å². The Kier molecular flexibility index (Phi) is 3.71. The number of aromatic nitrogens is 6. The third-order valence-electron chi connectivity index (χ3n) is 3.86. The first-order chi connectivity index (χ1) is 12.2. The highest BCUT2D eigenvalue weighted by Gasteiger charge is 2.30. The molecule has 25 heavy (non-hydrogen) atoms. The molecule has 1 fully saturated rings. The Hall–Kier alpha value is -3.17. The molecule has 8 nitrogen and oxygen atoms in total. The number of nitrogens with one attached hydrogen (secondary N) is 2. The van der Waals surface area contributed by atoms with Crippen LogP contribution in [-0.4, -0.2) is 37.2 Å². The fourth-order valence-corrected chi connectivity index (χ4v) is 2.44.